The first-order valence-corrected chi connectivity index (χ1v) is 5.08. The van der Waals surface area contributed by atoms with Crippen LogP contribution in [0.2, 0.25) is 0 Å². The Bertz CT molecular complexity index is 379. The van der Waals surface area contributed by atoms with Crippen molar-refractivity contribution in [1.29, 1.82) is 0 Å². The lowest BCUT2D eigenvalue weighted by molar-refractivity contribution is 0.210. The van der Waals surface area contributed by atoms with Crippen molar-refractivity contribution in [1.82, 2.24) is 9.88 Å². The molecule has 3 nitrogen and oxygen atoms in total. The third-order valence-electron chi connectivity index (χ3n) is 3.09. The number of nitrogens with zero attached hydrogens (tertiary/aromatic N) is 2. The summed E-state index contributed by atoms with van der Waals surface area (Å²) in [6.45, 7) is 12.0. The van der Waals surface area contributed by atoms with E-state index < -0.39 is 0 Å². The predicted molar refractivity (Wildman–Crippen MR) is 61.8 cm³/mol. The molecule has 0 bridgehead atoms. The summed E-state index contributed by atoms with van der Waals surface area (Å²) < 4.78 is 5.48. The van der Waals surface area contributed by atoms with Gasteiger partial charge in [0, 0.05) is 6.92 Å². The fourth-order valence-electron chi connectivity index (χ4n) is 1.78. The van der Waals surface area contributed by atoms with Gasteiger partial charge in [0.15, 0.2) is 5.89 Å². The van der Waals surface area contributed by atoms with Crippen molar-refractivity contribution in [2.75, 3.05) is 14.1 Å². The largest absolute Gasteiger partial charge is 0.446 e. The smallest absolute Gasteiger partial charge is 0.191 e. The molecule has 0 spiro atoms. The number of aromatic nitrogens is 1. The minimum atomic E-state index is -0.262. The molecule has 0 aliphatic carbocycles. The Kier molecular flexibility index (Phi) is 3.05. The molecular weight excluding hydrogens is 188 g/mol. The molecule has 1 aromatic rings. The first-order chi connectivity index (χ1) is 6.80. The van der Waals surface area contributed by atoms with Crippen molar-refractivity contribution in [3.8, 4) is 0 Å². The maximum absolute atomic E-state index is 5.48. The number of rotatable bonds is 3. The summed E-state index contributed by atoms with van der Waals surface area (Å²) in [4.78, 5) is 6.57. The lowest BCUT2D eigenvalue weighted by Gasteiger charge is -2.35. The molecule has 0 saturated carbocycles. The summed E-state index contributed by atoms with van der Waals surface area (Å²) in [6, 6.07) is 0. The molecular formula is C12H20N2O. The Morgan fingerprint density at radius 1 is 1.40 bits per heavy atom. The van der Waals surface area contributed by atoms with Crippen LogP contribution in [0.3, 0.4) is 0 Å². The Balaban J connectivity index is 3.33. The van der Waals surface area contributed by atoms with Gasteiger partial charge in [0.05, 0.1) is 5.54 Å². The number of likely N-dealkylation sites (N-methyl/N-ethyl adjacent to an activating group) is 1. The van der Waals surface area contributed by atoms with Crippen molar-refractivity contribution in [3.63, 3.8) is 0 Å². The van der Waals surface area contributed by atoms with E-state index in [-0.39, 0.29) is 5.54 Å². The van der Waals surface area contributed by atoms with E-state index in [4.69, 9.17) is 4.42 Å². The van der Waals surface area contributed by atoms with E-state index in [0.29, 0.717) is 5.89 Å². The summed E-state index contributed by atoms with van der Waals surface area (Å²) >= 11 is 0. The van der Waals surface area contributed by atoms with Gasteiger partial charge in [0.25, 0.3) is 0 Å². The number of oxazole rings is 1. The third-order valence-corrected chi connectivity index (χ3v) is 3.09. The minimum Gasteiger partial charge on any atom is -0.446 e. The van der Waals surface area contributed by atoms with Crippen LogP contribution in [0, 0.1) is 13.8 Å². The average molecular weight is 208 g/mol. The van der Waals surface area contributed by atoms with Crippen molar-refractivity contribution < 1.29 is 4.42 Å². The van der Waals surface area contributed by atoms with Crippen LogP contribution in [0.4, 0.5) is 0 Å². The Labute approximate surface area is 91.8 Å². The Morgan fingerprint density at radius 3 is 2.20 bits per heavy atom. The third kappa shape index (κ3) is 1.84. The molecule has 1 rings (SSSR count). The summed E-state index contributed by atoms with van der Waals surface area (Å²) in [6.07, 6.45) is 0. The van der Waals surface area contributed by atoms with Gasteiger partial charge in [0.1, 0.15) is 11.5 Å². The first kappa shape index (κ1) is 12.0. The molecule has 0 aliphatic rings. The van der Waals surface area contributed by atoms with Crippen LogP contribution in [-0.2, 0) is 5.54 Å². The van der Waals surface area contributed by atoms with Crippen LogP contribution in [0.25, 0.3) is 0 Å². The van der Waals surface area contributed by atoms with Crippen LogP contribution in [-0.4, -0.2) is 24.0 Å². The highest BCUT2D eigenvalue weighted by molar-refractivity contribution is 5.29. The zero-order valence-electron chi connectivity index (χ0n) is 10.5. The van der Waals surface area contributed by atoms with Crippen LogP contribution >= 0.6 is 0 Å². The SMILES string of the molecule is C=C(C)C(C)(c1nc(C)oc1C)N(C)C. The molecule has 1 heterocycles. The normalized spacial score (nSPS) is 15.4. The minimum absolute atomic E-state index is 0.262. The number of aryl methyl sites for hydroxylation is 2. The van der Waals surface area contributed by atoms with Gasteiger partial charge in [-0.3, -0.25) is 4.90 Å². The van der Waals surface area contributed by atoms with E-state index in [1.165, 1.54) is 0 Å². The van der Waals surface area contributed by atoms with Gasteiger partial charge in [-0.2, -0.15) is 0 Å². The van der Waals surface area contributed by atoms with Crippen molar-refractivity contribution in [2.24, 2.45) is 0 Å². The molecule has 84 valence electrons. The second-order valence-electron chi connectivity index (χ2n) is 4.38. The van der Waals surface area contributed by atoms with Crippen LogP contribution in [0.5, 0.6) is 0 Å². The molecule has 0 aliphatic heterocycles. The molecule has 1 aromatic heterocycles. The van der Waals surface area contributed by atoms with Gasteiger partial charge in [0.2, 0.25) is 0 Å². The lowest BCUT2D eigenvalue weighted by Crippen LogP contribution is -2.40. The molecule has 1 unspecified atom stereocenters. The van der Waals surface area contributed by atoms with E-state index >= 15 is 0 Å². The van der Waals surface area contributed by atoms with Gasteiger partial charge in [-0.05, 0) is 34.9 Å². The molecule has 0 amide bonds. The highest BCUT2D eigenvalue weighted by Gasteiger charge is 2.35. The molecule has 3 heteroatoms. The van der Waals surface area contributed by atoms with Crippen LogP contribution < -0.4 is 0 Å². The molecule has 0 radical (unpaired) electrons. The van der Waals surface area contributed by atoms with E-state index in [1.807, 2.05) is 34.9 Å². The molecule has 1 atom stereocenters. The fraction of sp³-hybridized carbons (Fsp3) is 0.583. The standard InChI is InChI=1S/C12H20N2O/c1-8(2)12(5,14(6)7)11-9(3)15-10(4)13-11/h1H2,2-7H3. The van der Waals surface area contributed by atoms with Gasteiger partial charge in [-0.15, -0.1) is 0 Å². The summed E-state index contributed by atoms with van der Waals surface area (Å²) in [7, 11) is 4.05. The molecule has 15 heavy (non-hydrogen) atoms. The van der Waals surface area contributed by atoms with Gasteiger partial charge < -0.3 is 4.42 Å². The molecule has 0 N–H and O–H groups in total. The number of hydrogen-bond donors (Lipinski definition) is 0. The Morgan fingerprint density at radius 2 is 1.93 bits per heavy atom. The van der Waals surface area contributed by atoms with Crippen molar-refractivity contribution in [2.45, 2.75) is 33.2 Å². The molecule has 0 saturated heterocycles. The topological polar surface area (TPSA) is 29.3 Å². The van der Waals surface area contributed by atoms with Gasteiger partial charge >= 0.3 is 0 Å². The van der Waals surface area contributed by atoms with Crippen LogP contribution in [0.1, 0.15) is 31.2 Å². The average Bonchev–Trinajstić information content (AvgIpc) is 2.43. The summed E-state index contributed by atoms with van der Waals surface area (Å²) in [5.74, 6) is 1.57. The zero-order valence-corrected chi connectivity index (χ0v) is 10.5. The monoisotopic (exact) mass is 208 g/mol. The molecule has 0 aromatic carbocycles. The van der Waals surface area contributed by atoms with Gasteiger partial charge in [-0.25, -0.2) is 4.98 Å². The van der Waals surface area contributed by atoms with E-state index in [0.717, 1.165) is 17.0 Å². The zero-order chi connectivity index (χ0) is 11.8. The maximum atomic E-state index is 5.48. The predicted octanol–water partition coefficient (Wildman–Crippen LogP) is 2.64. The molecule has 0 fully saturated rings. The van der Waals surface area contributed by atoms with Crippen molar-refractivity contribution in [3.05, 3.63) is 29.5 Å². The summed E-state index contributed by atoms with van der Waals surface area (Å²) in [5, 5.41) is 0. The highest BCUT2D eigenvalue weighted by Crippen LogP contribution is 2.34. The van der Waals surface area contributed by atoms with Gasteiger partial charge in [-0.1, -0.05) is 12.2 Å². The second kappa shape index (κ2) is 3.81. The lowest BCUT2D eigenvalue weighted by atomic mass is 9.88. The van der Waals surface area contributed by atoms with E-state index in [2.05, 4.69) is 23.4 Å². The Hall–Kier alpha value is -1.09. The highest BCUT2D eigenvalue weighted by atomic mass is 16.4. The quantitative estimate of drug-likeness (QED) is 0.715. The van der Waals surface area contributed by atoms with E-state index in [9.17, 15) is 0 Å². The van der Waals surface area contributed by atoms with Crippen molar-refractivity contribution >= 4 is 0 Å². The second-order valence-corrected chi connectivity index (χ2v) is 4.38. The maximum Gasteiger partial charge on any atom is 0.191 e. The van der Waals surface area contributed by atoms with E-state index in [1.54, 1.807) is 0 Å². The van der Waals surface area contributed by atoms with Crippen LogP contribution in [0.15, 0.2) is 16.6 Å². The summed E-state index contributed by atoms with van der Waals surface area (Å²) in [5.41, 5.74) is 1.75. The first-order valence-electron chi connectivity index (χ1n) is 5.08. The number of hydrogen-bond acceptors (Lipinski definition) is 3. The fourth-order valence-corrected chi connectivity index (χ4v) is 1.78.